The Bertz CT molecular complexity index is 3560. The fourth-order valence-corrected chi connectivity index (χ4v) is 10.8. The van der Waals surface area contributed by atoms with Crippen molar-refractivity contribution in [2.75, 3.05) is 9.80 Å². The molecule has 71 heavy (non-hydrogen) atoms. The molecule has 0 bridgehead atoms. The SMILES string of the molecule is CC.Cc1c(-c2cccc3c(-c4ccc(N(C5=CC=CC5)c5ccccc5)cc4)ccc(C)c23)ccc2ccccc12.Cc1ccc(N(c2ccccc2)c2ccc3c(c2)C(C)(C)c2ccccc2-3)cc1. The quantitative estimate of drug-likeness (QED) is 0.150. The third kappa shape index (κ3) is 8.88. The molecule has 0 fully saturated rings. The number of benzene rings is 10. The number of hydrogen-bond donors (Lipinski definition) is 0. The smallest absolute Gasteiger partial charge is 0.0465 e. The summed E-state index contributed by atoms with van der Waals surface area (Å²) in [6.45, 7) is 15.3. The molecule has 348 valence electrons. The zero-order valence-corrected chi connectivity index (χ0v) is 42.1. The summed E-state index contributed by atoms with van der Waals surface area (Å²) in [6, 6.07) is 79.3. The van der Waals surface area contributed by atoms with E-state index in [0.29, 0.717) is 0 Å². The lowest BCUT2D eigenvalue weighted by Crippen LogP contribution is -2.16. The van der Waals surface area contributed by atoms with E-state index >= 15 is 0 Å². The van der Waals surface area contributed by atoms with Crippen molar-refractivity contribution >= 4 is 50.0 Å². The lowest BCUT2D eigenvalue weighted by molar-refractivity contribution is 0.660. The van der Waals surface area contributed by atoms with Crippen LogP contribution in [0.2, 0.25) is 0 Å². The molecule has 0 spiro atoms. The second kappa shape index (κ2) is 20.0. The number of rotatable bonds is 8. The predicted molar refractivity (Wildman–Crippen MR) is 307 cm³/mol. The molecule has 2 aliphatic carbocycles. The first kappa shape index (κ1) is 46.5. The van der Waals surface area contributed by atoms with Gasteiger partial charge in [-0.3, -0.25) is 0 Å². The van der Waals surface area contributed by atoms with Crippen molar-refractivity contribution in [2.45, 2.75) is 60.3 Å². The second-order valence-electron chi connectivity index (χ2n) is 19.0. The number of hydrogen-bond acceptors (Lipinski definition) is 2. The Morgan fingerprint density at radius 1 is 0.408 bits per heavy atom. The van der Waals surface area contributed by atoms with E-state index in [1.807, 2.05) is 13.8 Å². The van der Waals surface area contributed by atoms with E-state index in [-0.39, 0.29) is 5.41 Å². The Hall–Kier alpha value is -8.20. The maximum atomic E-state index is 2.38. The summed E-state index contributed by atoms with van der Waals surface area (Å²) in [5.41, 5.74) is 21.7. The van der Waals surface area contributed by atoms with E-state index in [9.17, 15) is 0 Å². The fourth-order valence-electron chi connectivity index (χ4n) is 10.8. The summed E-state index contributed by atoms with van der Waals surface area (Å²) in [4.78, 5) is 4.70. The molecule has 12 rings (SSSR count). The Balaban J connectivity index is 0.000000166. The molecular formula is C69H62N2. The van der Waals surface area contributed by atoms with Crippen molar-refractivity contribution in [3.63, 3.8) is 0 Å². The highest BCUT2D eigenvalue weighted by Crippen LogP contribution is 2.51. The normalized spacial score (nSPS) is 12.8. The monoisotopic (exact) mass is 918 g/mol. The van der Waals surface area contributed by atoms with Gasteiger partial charge in [0, 0.05) is 46.0 Å². The molecule has 0 N–H and O–H groups in total. The van der Waals surface area contributed by atoms with Gasteiger partial charge in [0.2, 0.25) is 0 Å². The van der Waals surface area contributed by atoms with Crippen molar-refractivity contribution in [1.29, 1.82) is 0 Å². The molecule has 0 atom stereocenters. The van der Waals surface area contributed by atoms with E-state index in [2.05, 4.69) is 281 Å². The molecule has 0 aliphatic heterocycles. The molecular weight excluding hydrogens is 857 g/mol. The standard InChI is InChI=1S/C39H31N.C28H25N.C2H6/c1-27-19-25-36(30-20-23-33(24-21-30)40(32-14-7-8-15-32)31-12-4-3-5-13-31)38-18-10-17-37(39(27)38)35-26-22-29-11-6-9-16-34(29)28(35)2;1-20-13-15-22(16-14-20)29(21-9-5-4-6-10-21)23-17-18-25-24-11-7-8-12-26(24)28(2,3)27(25)19-23;1-2/h3-14,16-26H,15H2,1-2H3;4-19H,1-3H3;1-2H3. The van der Waals surface area contributed by atoms with Crippen LogP contribution in [0, 0.1) is 20.8 Å². The van der Waals surface area contributed by atoms with Crippen LogP contribution in [-0.4, -0.2) is 0 Å². The topological polar surface area (TPSA) is 6.48 Å². The van der Waals surface area contributed by atoms with Gasteiger partial charge >= 0.3 is 0 Å². The van der Waals surface area contributed by atoms with Crippen LogP contribution < -0.4 is 9.80 Å². The van der Waals surface area contributed by atoms with E-state index < -0.39 is 0 Å². The van der Waals surface area contributed by atoms with E-state index in [1.54, 1.807) is 0 Å². The van der Waals surface area contributed by atoms with Gasteiger partial charge in [0.15, 0.2) is 0 Å². The molecule has 0 unspecified atom stereocenters. The molecule has 2 nitrogen and oxygen atoms in total. The highest BCUT2D eigenvalue weighted by Gasteiger charge is 2.35. The summed E-state index contributed by atoms with van der Waals surface area (Å²) in [5, 5.41) is 5.23. The summed E-state index contributed by atoms with van der Waals surface area (Å²) in [6.07, 6.45) is 7.51. The first-order valence-corrected chi connectivity index (χ1v) is 25.2. The Kier molecular flexibility index (Phi) is 13.1. The number of allylic oxidation sites excluding steroid dienone is 3. The van der Waals surface area contributed by atoms with Crippen LogP contribution in [0.25, 0.3) is 54.9 Å². The van der Waals surface area contributed by atoms with Gasteiger partial charge in [-0.05, 0) is 165 Å². The molecule has 0 saturated carbocycles. The van der Waals surface area contributed by atoms with Gasteiger partial charge in [0.1, 0.15) is 0 Å². The molecule has 2 aliphatic rings. The van der Waals surface area contributed by atoms with Crippen LogP contribution in [0.3, 0.4) is 0 Å². The van der Waals surface area contributed by atoms with E-state index in [4.69, 9.17) is 0 Å². The van der Waals surface area contributed by atoms with E-state index in [1.165, 1.54) is 117 Å². The van der Waals surface area contributed by atoms with Crippen molar-refractivity contribution in [2.24, 2.45) is 0 Å². The zero-order valence-electron chi connectivity index (χ0n) is 42.1. The third-order valence-corrected chi connectivity index (χ3v) is 14.4. The summed E-state index contributed by atoms with van der Waals surface area (Å²) in [5.74, 6) is 0. The molecule has 0 amide bonds. The average molecular weight is 919 g/mol. The number of para-hydroxylation sites is 2. The Morgan fingerprint density at radius 2 is 0.958 bits per heavy atom. The highest BCUT2D eigenvalue weighted by atomic mass is 15.2. The molecule has 10 aromatic rings. The molecule has 2 heteroatoms. The molecule has 10 aromatic carbocycles. The van der Waals surface area contributed by atoms with Gasteiger partial charge in [-0.2, -0.15) is 0 Å². The minimum atomic E-state index is -0.00241. The Morgan fingerprint density at radius 3 is 1.68 bits per heavy atom. The fraction of sp³-hybridized carbons (Fsp3) is 0.130. The average Bonchev–Trinajstić information content (AvgIpc) is 4.03. The van der Waals surface area contributed by atoms with Gasteiger partial charge in [0.25, 0.3) is 0 Å². The maximum absolute atomic E-state index is 2.38. The van der Waals surface area contributed by atoms with E-state index in [0.717, 1.165) is 6.42 Å². The van der Waals surface area contributed by atoms with Crippen LogP contribution in [0.15, 0.2) is 242 Å². The second-order valence-corrected chi connectivity index (χ2v) is 19.0. The van der Waals surface area contributed by atoms with Crippen molar-refractivity contribution < 1.29 is 0 Å². The molecule has 0 saturated heterocycles. The predicted octanol–water partition coefficient (Wildman–Crippen LogP) is 19.7. The summed E-state index contributed by atoms with van der Waals surface area (Å²) in [7, 11) is 0. The van der Waals surface area contributed by atoms with Crippen molar-refractivity contribution in [1.82, 2.24) is 0 Å². The number of fused-ring (bicyclic) bond motifs is 5. The number of nitrogens with zero attached hydrogens (tertiary/aromatic N) is 2. The lowest BCUT2D eigenvalue weighted by atomic mass is 9.82. The first-order valence-electron chi connectivity index (χ1n) is 25.2. The van der Waals surface area contributed by atoms with Gasteiger partial charge in [-0.1, -0.05) is 203 Å². The largest absolute Gasteiger partial charge is 0.314 e. The third-order valence-electron chi connectivity index (χ3n) is 14.4. The zero-order chi connectivity index (χ0) is 49.1. The van der Waals surface area contributed by atoms with Gasteiger partial charge < -0.3 is 9.80 Å². The van der Waals surface area contributed by atoms with Crippen molar-refractivity contribution in [3.05, 3.63) is 270 Å². The van der Waals surface area contributed by atoms with Gasteiger partial charge in [0.05, 0.1) is 0 Å². The van der Waals surface area contributed by atoms with Crippen molar-refractivity contribution in [3.8, 4) is 33.4 Å². The molecule has 0 radical (unpaired) electrons. The van der Waals surface area contributed by atoms with Crippen LogP contribution >= 0.6 is 0 Å². The summed E-state index contributed by atoms with van der Waals surface area (Å²) >= 11 is 0. The van der Waals surface area contributed by atoms with Gasteiger partial charge in [-0.15, -0.1) is 0 Å². The number of aryl methyl sites for hydroxylation is 3. The van der Waals surface area contributed by atoms with Gasteiger partial charge in [-0.25, -0.2) is 0 Å². The minimum Gasteiger partial charge on any atom is -0.314 e. The maximum Gasteiger partial charge on any atom is 0.0465 e. The molecule has 0 aromatic heterocycles. The van der Waals surface area contributed by atoms with Crippen LogP contribution in [-0.2, 0) is 5.41 Å². The van der Waals surface area contributed by atoms with Crippen LogP contribution in [0.4, 0.5) is 28.4 Å². The summed E-state index contributed by atoms with van der Waals surface area (Å²) < 4.78 is 0. The highest BCUT2D eigenvalue weighted by molar-refractivity contribution is 6.08. The number of anilines is 5. The Labute approximate surface area is 421 Å². The first-order chi connectivity index (χ1) is 34.7. The minimum absolute atomic E-state index is 0.00241. The van der Waals surface area contributed by atoms with Crippen LogP contribution in [0.1, 0.15) is 61.9 Å². The lowest BCUT2D eigenvalue weighted by Gasteiger charge is -2.28. The van der Waals surface area contributed by atoms with Crippen LogP contribution in [0.5, 0.6) is 0 Å². The molecule has 0 heterocycles.